The molecule has 152 valence electrons. The lowest BCUT2D eigenvalue weighted by molar-refractivity contribution is -0.136. The Bertz CT molecular complexity index is 1130. The second-order valence-electron chi connectivity index (χ2n) is 7.28. The number of morpholine rings is 1. The Morgan fingerprint density at radius 1 is 1.21 bits per heavy atom. The van der Waals surface area contributed by atoms with Gasteiger partial charge in [0.2, 0.25) is 5.91 Å². The van der Waals surface area contributed by atoms with E-state index in [1.807, 2.05) is 38.1 Å². The van der Waals surface area contributed by atoms with Crippen LogP contribution in [0, 0.1) is 13.8 Å². The third kappa shape index (κ3) is 3.80. The van der Waals surface area contributed by atoms with Gasteiger partial charge < -0.3 is 14.2 Å². The molecule has 0 saturated carbocycles. The summed E-state index contributed by atoms with van der Waals surface area (Å²) >= 11 is 6.11. The molecule has 0 radical (unpaired) electrons. The lowest BCUT2D eigenvalue weighted by atomic mass is 10.2. The molecule has 0 atom stereocenters. The van der Waals surface area contributed by atoms with Gasteiger partial charge in [-0.25, -0.2) is 4.68 Å². The fourth-order valence-corrected chi connectivity index (χ4v) is 4.07. The minimum Gasteiger partial charge on any atom is -0.378 e. The molecule has 0 unspecified atom stereocenters. The van der Waals surface area contributed by atoms with E-state index >= 15 is 0 Å². The molecule has 1 amide bonds. The minimum absolute atomic E-state index is 0.0628. The Kier molecular flexibility index (Phi) is 5.43. The highest BCUT2D eigenvalue weighted by molar-refractivity contribution is 6.30. The Hall–Kier alpha value is -2.64. The van der Waals surface area contributed by atoms with Crippen LogP contribution in [0.1, 0.15) is 17.0 Å². The molecule has 29 heavy (non-hydrogen) atoms. The van der Waals surface area contributed by atoms with Crippen molar-refractivity contribution in [3.8, 4) is 0 Å². The predicted octanol–water partition coefficient (Wildman–Crippen LogP) is 2.38. The molecule has 0 bridgehead atoms. The van der Waals surface area contributed by atoms with Gasteiger partial charge in [0.1, 0.15) is 6.54 Å². The van der Waals surface area contributed by atoms with E-state index in [1.165, 1.54) is 4.68 Å². The fraction of sp³-hybridized carbons (Fsp3) is 0.381. The van der Waals surface area contributed by atoms with E-state index in [0.717, 1.165) is 22.3 Å². The first-order valence-corrected chi connectivity index (χ1v) is 9.99. The molecule has 0 aliphatic carbocycles. The molecule has 0 N–H and O–H groups in total. The van der Waals surface area contributed by atoms with E-state index in [0.29, 0.717) is 43.3 Å². The Morgan fingerprint density at radius 2 is 1.97 bits per heavy atom. The van der Waals surface area contributed by atoms with Crippen LogP contribution >= 0.6 is 11.6 Å². The van der Waals surface area contributed by atoms with Crippen molar-refractivity contribution >= 4 is 28.3 Å². The van der Waals surface area contributed by atoms with E-state index in [1.54, 1.807) is 11.1 Å². The van der Waals surface area contributed by atoms with Crippen molar-refractivity contribution in [1.29, 1.82) is 0 Å². The van der Waals surface area contributed by atoms with Crippen molar-refractivity contribution in [2.45, 2.75) is 26.9 Å². The van der Waals surface area contributed by atoms with E-state index in [4.69, 9.17) is 16.3 Å². The highest BCUT2D eigenvalue weighted by Crippen LogP contribution is 2.23. The van der Waals surface area contributed by atoms with Crippen molar-refractivity contribution in [3.63, 3.8) is 0 Å². The number of aromatic nitrogens is 3. The van der Waals surface area contributed by atoms with Crippen LogP contribution in [0.4, 0.5) is 0 Å². The van der Waals surface area contributed by atoms with Gasteiger partial charge in [-0.1, -0.05) is 23.7 Å². The number of ether oxygens (including phenoxy) is 1. The number of carbonyl (C=O) groups is 1. The van der Waals surface area contributed by atoms with Crippen molar-refractivity contribution < 1.29 is 9.53 Å². The molecule has 1 aliphatic heterocycles. The topological polar surface area (TPSA) is 69.4 Å². The van der Waals surface area contributed by atoms with E-state index in [9.17, 15) is 9.59 Å². The van der Waals surface area contributed by atoms with Crippen LogP contribution < -0.4 is 5.56 Å². The summed E-state index contributed by atoms with van der Waals surface area (Å²) in [5, 5.41) is 6.37. The number of hydrogen-bond acceptors (Lipinski definition) is 4. The zero-order valence-corrected chi connectivity index (χ0v) is 17.3. The van der Waals surface area contributed by atoms with E-state index in [-0.39, 0.29) is 18.0 Å². The molecule has 1 aromatic carbocycles. The molecule has 3 aromatic rings. The first-order chi connectivity index (χ1) is 14.0. The molecule has 1 saturated heterocycles. The molecule has 4 rings (SSSR count). The van der Waals surface area contributed by atoms with E-state index in [2.05, 4.69) is 9.67 Å². The van der Waals surface area contributed by atoms with Crippen LogP contribution in [0.25, 0.3) is 10.8 Å². The summed E-state index contributed by atoms with van der Waals surface area (Å²) in [7, 11) is 0. The van der Waals surface area contributed by atoms with Crippen LogP contribution in [0.15, 0.2) is 35.3 Å². The lowest BCUT2D eigenvalue weighted by Gasteiger charge is -2.26. The van der Waals surface area contributed by atoms with Gasteiger partial charge in [-0.15, -0.1) is 0 Å². The van der Waals surface area contributed by atoms with Crippen molar-refractivity contribution in [2.75, 3.05) is 26.3 Å². The Labute approximate surface area is 173 Å². The van der Waals surface area contributed by atoms with Crippen LogP contribution in [0.3, 0.4) is 0 Å². The number of nitrogens with zero attached hydrogens (tertiary/aromatic N) is 4. The maximum absolute atomic E-state index is 13.1. The average molecular weight is 415 g/mol. The van der Waals surface area contributed by atoms with Gasteiger partial charge >= 0.3 is 0 Å². The molecular weight excluding hydrogens is 392 g/mol. The van der Waals surface area contributed by atoms with Gasteiger partial charge in [0.15, 0.2) is 0 Å². The number of carbonyl (C=O) groups excluding carboxylic acids is 1. The summed E-state index contributed by atoms with van der Waals surface area (Å²) in [6.45, 7) is 6.59. The number of halogens is 1. The molecule has 1 aliphatic rings. The third-order valence-corrected chi connectivity index (χ3v) is 5.72. The number of aryl methyl sites for hydroxylation is 2. The summed E-state index contributed by atoms with van der Waals surface area (Å²) in [4.78, 5) is 27.4. The molecule has 0 spiro atoms. The molecule has 8 heteroatoms. The van der Waals surface area contributed by atoms with Crippen LogP contribution in [-0.2, 0) is 22.6 Å². The van der Waals surface area contributed by atoms with Gasteiger partial charge in [-0.3, -0.25) is 9.59 Å². The normalized spacial score (nSPS) is 14.5. The highest BCUT2D eigenvalue weighted by atomic mass is 35.5. The van der Waals surface area contributed by atoms with Gasteiger partial charge in [0.25, 0.3) is 5.56 Å². The molecular formula is C21H23ClN4O3. The molecule has 7 nitrogen and oxygen atoms in total. The van der Waals surface area contributed by atoms with Crippen molar-refractivity contribution in [1.82, 2.24) is 19.2 Å². The largest absolute Gasteiger partial charge is 0.378 e. The number of benzene rings is 1. The Morgan fingerprint density at radius 3 is 2.69 bits per heavy atom. The maximum atomic E-state index is 13.1. The number of hydrogen-bond donors (Lipinski definition) is 0. The zero-order chi connectivity index (χ0) is 20.5. The van der Waals surface area contributed by atoms with Crippen LogP contribution in [-0.4, -0.2) is 51.5 Å². The minimum atomic E-state index is -0.241. The smallest absolute Gasteiger partial charge is 0.276 e. The van der Waals surface area contributed by atoms with E-state index < -0.39 is 0 Å². The number of rotatable bonds is 4. The summed E-state index contributed by atoms with van der Waals surface area (Å²) in [5.74, 6) is -0.116. The SMILES string of the molecule is Cc1c2cnn(CC(=O)N3CCOCC3)c(=O)c2c(C)n1Cc1cccc(Cl)c1. The monoisotopic (exact) mass is 414 g/mol. The number of amides is 1. The molecule has 3 heterocycles. The van der Waals surface area contributed by atoms with Crippen molar-refractivity contribution in [3.05, 3.63) is 62.8 Å². The average Bonchev–Trinajstić information content (AvgIpc) is 2.96. The lowest BCUT2D eigenvalue weighted by Crippen LogP contribution is -2.43. The zero-order valence-electron chi connectivity index (χ0n) is 16.5. The standard InChI is InChI=1S/C21H23ClN4O3/c1-14-18-11-23-26(13-19(27)24-6-8-29-9-7-24)21(28)20(18)15(2)25(14)12-16-4-3-5-17(22)10-16/h3-5,10-11H,6-9,12-13H2,1-2H3. The quantitative estimate of drug-likeness (QED) is 0.657. The van der Waals surface area contributed by atoms with Crippen molar-refractivity contribution in [2.24, 2.45) is 0 Å². The molecule has 2 aromatic heterocycles. The second-order valence-corrected chi connectivity index (χ2v) is 7.71. The predicted molar refractivity (Wildman–Crippen MR) is 111 cm³/mol. The van der Waals surface area contributed by atoms with Gasteiger partial charge in [0.05, 0.1) is 24.8 Å². The fourth-order valence-electron chi connectivity index (χ4n) is 3.85. The highest BCUT2D eigenvalue weighted by Gasteiger charge is 2.21. The van der Waals surface area contributed by atoms with Crippen LogP contribution in [0.2, 0.25) is 5.02 Å². The summed E-state index contributed by atoms with van der Waals surface area (Å²) in [5.41, 5.74) is 2.64. The third-order valence-electron chi connectivity index (χ3n) is 5.48. The maximum Gasteiger partial charge on any atom is 0.276 e. The van der Waals surface area contributed by atoms with Gasteiger partial charge in [-0.05, 0) is 31.5 Å². The summed E-state index contributed by atoms with van der Waals surface area (Å²) in [6.07, 6.45) is 1.68. The summed E-state index contributed by atoms with van der Waals surface area (Å²) < 4.78 is 8.63. The first kappa shape index (κ1) is 19.7. The summed E-state index contributed by atoms with van der Waals surface area (Å²) in [6, 6.07) is 7.68. The first-order valence-electron chi connectivity index (χ1n) is 9.61. The van der Waals surface area contributed by atoms with Gasteiger partial charge in [-0.2, -0.15) is 5.10 Å². The number of fused-ring (bicyclic) bond motifs is 1. The molecule has 1 fully saturated rings. The van der Waals surface area contributed by atoms with Gasteiger partial charge in [0, 0.05) is 41.4 Å². The van der Waals surface area contributed by atoms with Crippen LogP contribution in [0.5, 0.6) is 0 Å². The second kappa shape index (κ2) is 8.00. The Balaban J connectivity index is 1.68.